The topological polar surface area (TPSA) is 75.9 Å². The van der Waals surface area contributed by atoms with E-state index < -0.39 is 0 Å². The van der Waals surface area contributed by atoms with Crippen LogP contribution in [0.15, 0.2) is 29.4 Å². The second kappa shape index (κ2) is 7.56. The summed E-state index contributed by atoms with van der Waals surface area (Å²) in [5.41, 5.74) is 2.75. The van der Waals surface area contributed by atoms with E-state index in [-0.39, 0.29) is 5.91 Å². The number of aryl methyl sites for hydroxylation is 1. The van der Waals surface area contributed by atoms with Crippen molar-refractivity contribution in [2.45, 2.75) is 24.7 Å². The van der Waals surface area contributed by atoms with Crippen molar-refractivity contribution in [1.82, 2.24) is 30.4 Å². The van der Waals surface area contributed by atoms with Crippen LogP contribution in [0.1, 0.15) is 17.5 Å². The summed E-state index contributed by atoms with van der Waals surface area (Å²) in [7, 11) is 1.80. The van der Waals surface area contributed by atoms with Crippen molar-refractivity contribution in [3.05, 3.63) is 35.4 Å². The zero-order valence-electron chi connectivity index (χ0n) is 13.1. The molecular formula is C15H20N6OS. The Morgan fingerprint density at radius 1 is 1.30 bits per heavy atom. The largest absolute Gasteiger partial charge is 0.355 e. The molecule has 1 aliphatic rings. The van der Waals surface area contributed by atoms with Gasteiger partial charge in [-0.25, -0.2) is 4.68 Å². The number of carbonyl (C=O) groups excluding carboxylic acids is 1. The number of amides is 1. The number of carbonyl (C=O) groups is 1. The highest BCUT2D eigenvalue weighted by atomic mass is 32.2. The van der Waals surface area contributed by atoms with E-state index in [1.54, 1.807) is 11.7 Å². The molecule has 1 N–H and O–H groups in total. The minimum Gasteiger partial charge on any atom is -0.355 e. The van der Waals surface area contributed by atoms with Crippen molar-refractivity contribution < 1.29 is 4.79 Å². The number of rotatable bonds is 7. The Bertz CT molecular complexity index is 648. The number of aromatic nitrogens is 4. The second-order valence-electron chi connectivity index (χ2n) is 5.51. The van der Waals surface area contributed by atoms with E-state index in [9.17, 15) is 4.79 Å². The Kier molecular flexibility index (Phi) is 5.24. The fourth-order valence-corrected chi connectivity index (χ4v) is 3.29. The average molecular weight is 332 g/mol. The monoisotopic (exact) mass is 332 g/mol. The van der Waals surface area contributed by atoms with Gasteiger partial charge >= 0.3 is 0 Å². The van der Waals surface area contributed by atoms with Crippen molar-refractivity contribution >= 4 is 17.7 Å². The molecule has 1 amide bonds. The standard InChI is InChI=1S/C15H20N6OS/c1-20-15(17-18-19-20)23-9-7-16-14(22)6-8-21-10-12-4-2-3-5-13(12)11-21/h2-5H,6-11H2,1H3,(H,16,22). The summed E-state index contributed by atoms with van der Waals surface area (Å²) in [5, 5.41) is 14.9. The van der Waals surface area contributed by atoms with Gasteiger partial charge in [-0.15, -0.1) is 5.10 Å². The molecule has 1 aliphatic heterocycles. The van der Waals surface area contributed by atoms with Gasteiger partial charge in [-0.1, -0.05) is 36.0 Å². The molecule has 122 valence electrons. The highest BCUT2D eigenvalue weighted by Gasteiger charge is 2.18. The quantitative estimate of drug-likeness (QED) is 0.598. The molecule has 0 radical (unpaired) electrons. The molecule has 23 heavy (non-hydrogen) atoms. The van der Waals surface area contributed by atoms with Gasteiger partial charge in [0, 0.05) is 45.4 Å². The van der Waals surface area contributed by atoms with E-state index >= 15 is 0 Å². The van der Waals surface area contributed by atoms with Crippen LogP contribution >= 0.6 is 11.8 Å². The van der Waals surface area contributed by atoms with E-state index in [1.807, 2.05) is 0 Å². The lowest BCUT2D eigenvalue weighted by Crippen LogP contribution is -2.29. The fraction of sp³-hybridized carbons (Fsp3) is 0.467. The van der Waals surface area contributed by atoms with Crippen LogP contribution in [0.5, 0.6) is 0 Å². The first-order valence-electron chi connectivity index (χ1n) is 7.63. The summed E-state index contributed by atoms with van der Waals surface area (Å²) < 4.78 is 1.62. The lowest BCUT2D eigenvalue weighted by atomic mass is 10.1. The fourth-order valence-electron chi connectivity index (χ4n) is 2.59. The summed E-state index contributed by atoms with van der Waals surface area (Å²) in [6.07, 6.45) is 0.532. The Labute approximate surface area is 139 Å². The lowest BCUT2D eigenvalue weighted by molar-refractivity contribution is -0.121. The maximum atomic E-state index is 11.9. The second-order valence-corrected chi connectivity index (χ2v) is 6.57. The summed E-state index contributed by atoms with van der Waals surface area (Å²) in [6, 6.07) is 8.46. The van der Waals surface area contributed by atoms with Gasteiger partial charge in [0.05, 0.1) is 0 Å². The third kappa shape index (κ3) is 4.29. The van der Waals surface area contributed by atoms with E-state index in [2.05, 4.69) is 50.0 Å². The third-order valence-electron chi connectivity index (χ3n) is 3.80. The molecule has 0 fully saturated rings. The smallest absolute Gasteiger partial charge is 0.221 e. The maximum absolute atomic E-state index is 11.9. The lowest BCUT2D eigenvalue weighted by Gasteiger charge is -2.14. The van der Waals surface area contributed by atoms with Crippen LogP contribution in [0.3, 0.4) is 0 Å². The Morgan fingerprint density at radius 2 is 2.04 bits per heavy atom. The molecule has 3 rings (SSSR count). The van der Waals surface area contributed by atoms with Crippen molar-refractivity contribution in [2.24, 2.45) is 7.05 Å². The molecule has 1 aromatic heterocycles. The van der Waals surface area contributed by atoms with E-state index in [0.717, 1.165) is 30.5 Å². The first kappa shape index (κ1) is 15.9. The summed E-state index contributed by atoms with van der Waals surface area (Å²) in [5.74, 6) is 0.854. The number of thioether (sulfide) groups is 1. The molecule has 8 heteroatoms. The first-order chi connectivity index (χ1) is 11.2. The number of benzene rings is 1. The average Bonchev–Trinajstić information content (AvgIpc) is 3.15. The van der Waals surface area contributed by atoms with Gasteiger partial charge < -0.3 is 5.32 Å². The number of nitrogens with zero attached hydrogens (tertiary/aromatic N) is 5. The molecule has 2 heterocycles. The molecule has 0 unspecified atom stereocenters. The number of hydrogen-bond donors (Lipinski definition) is 1. The normalized spacial score (nSPS) is 14.0. The van der Waals surface area contributed by atoms with Crippen LogP contribution in [0.25, 0.3) is 0 Å². The van der Waals surface area contributed by atoms with Crippen molar-refractivity contribution in [3.8, 4) is 0 Å². The maximum Gasteiger partial charge on any atom is 0.221 e. The SMILES string of the molecule is Cn1nnnc1SCCNC(=O)CCN1Cc2ccccc2C1. The predicted molar refractivity (Wildman–Crippen MR) is 87.7 cm³/mol. The molecule has 2 aromatic rings. The molecule has 0 bridgehead atoms. The zero-order chi connectivity index (χ0) is 16.1. The number of fused-ring (bicyclic) bond motifs is 1. The Balaban J connectivity index is 1.31. The van der Waals surface area contributed by atoms with Crippen LogP contribution < -0.4 is 5.32 Å². The Hall–Kier alpha value is -1.93. The number of hydrogen-bond acceptors (Lipinski definition) is 6. The van der Waals surface area contributed by atoms with E-state index in [4.69, 9.17) is 0 Å². The molecule has 7 nitrogen and oxygen atoms in total. The molecule has 0 saturated heterocycles. The molecule has 0 saturated carbocycles. The van der Waals surface area contributed by atoms with Crippen molar-refractivity contribution in [3.63, 3.8) is 0 Å². The van der Waals surface area contributed by atoms with Crippen LogP contribution in [-0.4, -0.2) is 49.9 Å². The number of nitrogens with one attached hydrogen (secondary N) is 1. The zero-order valence-corrected chi connectivity index (χ0v) is 13.9. The van der Waals surface area contributed by atoms with Crippen LogP contribution in [0.2, 0.25) is 0 Å². The van der Waals surface area contributed by atoms with Gasteiger partial charge in [0.25, 0.3) is 0 Å². The van der Waals surface area contributed by atoms with Crippen molar-refractivity contribution in [2.75, 3.05) is 18.8 Å². The van der Waals surface area contributed by atoms with Gasteiger partial charge in [-0.3, -0.25) is 9.69 Å². The summed E-state index contributed by atoms with van der Waals surface area (Å²) >= 11 is 1.53. The van der Waals surface area contributed by atoms with Crippen LogP contribution in [-0.2, 0) is 24.9 Å². The van der Waals surface area contributed by atoms with Gasteiger partial charge in [-0.2, -0.15) is 0 Å². The van der Waals surface area contributed by atoms with Crippen LogP contribution in [0.4, 0.5) is 0 Å². The third-order valence-corrected chi connectivity index (χ3v) is 4.81. The Morgan fingerprint density at radius 3 is 2.70 bits per heavy atom. The van der Waals surface area contributed by atoms with Gasteiger partial charge in [0.15, 0.2) is 0 Å². The molecule has 1 aromatic carbocycles. The highest BCUT2D eigenvalue weighted by molar-refractivity contribution is 7.99. The first-order valence-corrected chi connectivity index (χ1v) is 8.62. The summed E-state index contributed by atoms with van der Waals surface area (Å²) in [4.78, 5) is 14.2. The highest BCUT2D eigenvalue weighted by Crippen LogP contribution is 2.21. The molecule has 0 atom stereocenters. The number of tetrazole rings is 1. The van der Waals surface area contributed by atoms with Gasteiger partial charge in [-0.05, 0) is 21.6 Å². The minimum absolute atomic E-state index is 0.0950. The molecule has 0 aliphatic carbocycles. The predicted octanol–water partition coefficient (Wildman–Crippen LogP) is 0.824. The van der Waals surface area contributed by atoms with E-state index in [0.29, 0.717) is 13.0 Å². The molecule has 0 spiro atoms. The van der Waals surface area contributed by atoms with E-state index in [1.165, 1.54) is 22.9 Å². The van der Waals surface area contributed by atoms with Crippen molar-refractivity contribution in [1.29, 1.82) is 0 Å². The molecular weight excluding hydrogens is 312 g/mol. The minimum atomic E-state index is 0.0950. The van der Waals surface area contributed by atoms with Crippen LogP contribution in [0, 0.1) is 0 Å². The van der Waals surface area contributed by atoms with Gasteiger partial charge in [0.1, 0.15) is 0 Å². The summed E-state index contributed by atoms with van der Waals surface area (Å²) in [6.45, 7) is 3.30. The van der Waals surface area contributed by atoms with Gasteiger partial charge in [0.2, 0.25) is 11.1 Å².